The van der Waals surface area contributed by atoms with Gasteiger partial charge < -0.3 is 4.74 Å². The fraction of sp³-hybridized carbons (Fsp3) is 0.348. The van der Waals surface area contributed by atoms with Gasteiger partial charge in [-0.2, -0.15) is 0 Å². The molecule has 180 valence electrons. The maximum Gasteiger partial charge on any atom is 0.269 e. The molecule has 1 aliphatic rings. The van der Waals surface area contributed by atoms with E-state index in [0.717, 1.165) is 21.2 Å². The Hall–Kier alpha value is -2.63. The van der Waals surface area contributed by atoms with Crippen LogP contribution in [0, 0.1) is 19.8 Å². The van der Waals surface area contributed by atoms with E-state index in [4.69, 9.17) is 4.74 Å². The van der Waals surface area contributed by atoms with Crippen molar-refractivity contribution < 1.29 is 17.9 Å². The Morgan fingerprint density at radius 2 is 1.88 bits per heavy atom. The number of hydrogen-bond donors (Lipinski definition) is 1. The number of rotatable bonds is 7. The van der Waals surface area contributed by atoms with Gasteiger partial charge >= 0.3 is 0 Å². The van der Waals surface area contributed by atoms with Gasteiger partial charge in [0, 0.05) is 5.75 Å². The number of anilines is 2. The van der Waals surface area contributed by atoms with E-state index in [-0.39, 0.29) is 11.4 Å². The van der Waals surface area contributed by atoms with E-state index in [0.29, 0.717) is 22.5 Å². The van der Waals surface area contributed by atoms with Crippen molar-refractivity contribution in [3.63, 3.8) is 0 Å². The highest BCUT2D eigenvalue weighted by Gasteiger charge is 2.38. The zero-order valence-corrected chi connectivity index (χ0v) is 21.8. The van der Waals surface area contributed by atoms with Crippen LogP contribution in [0.5, 0.6) is 5.75 Å². The summed E-state index contributed by atoms with van der Waals surface area (Å²) in [6.07, 6.45) is -1.05. The topological polar surface area (TPSA) is 101 Å². The first-order valence-electron chi connectivity index (χ1n) is 10.8. The molecule has 11 heteroatoms. The smallest absolute Gasteiger partial charge is 0.269 e. The lowest BCUT2D eigenvalue weighted by atomic mass is 10.1. The van der Waals surface area contributed by atoms with Gasteiger partial charge in [0.1, 0.15) is 5.75 Å². The highest BCUT2D eigenvalue weighted by atomic mass is 32.2. The molecule has 1 unspecified atom stereocenters. The molecule has 0 saturated heterocycles. The summed E-state index contributed by atoms with van der Waals surface area (Å²) in [4.78, 5) is 13.2. The number of nitrogens with zero attached hydrogens (tertiary/aromatic N) is 3. The lowest BCUT2D eigenvalue weighted by Crippen LogP contribution is -2.48. The number of amides is 1. The molecule has 8 nitrogen and oxygen atoms in total. The molecule has 1 atom stereocenters. The fourth-order valence-corrected chi connectivity index (χ4v) is 6.50. The Kier molecular flexibility index (Phi) is 7.15. The molecule has 1 aromatic heterocycles. The summed E-state index contributed by atoms with van der Waals surface area (Å²) in [6, 6.07) is 11.9. The molecule has 1 amide bonds. The van der Waals surface area contributed by atoms with Crippen LogP contribution >= 0.6 is 23.1 Å². The second kappa shape index (κ2) is 9.93. The molecule has 4 rings (SSSR count). The monoisotopic (exact) mass is 518 g/mol. The SMILES string of the molecule is Cc1ccc(S(=O)(=O)N2CC(C(=O)Nc3nnc(SCC(C)C)s3)Oc3ccc(C)cc32)cc1. The van der Waals surface area contributed by atoms with Gasteiger partial charge in [0.05, 0.1) is 17.1 Å². The number of hydrogen-bond acceptors (Lipinski definition) is 8. The predicted molar refractivity (Wildman–Crippen MR) is 135 cm³/mol. The summed E-state index contributed by atoms with van der Waals surface area (Å²) in [5.74, 6) is 1.26. The number of thioether (sulfide) groups is 1. The van der Waals surface area contributed by atoms with Crippen LogP contribution in [-0.4, -0.2) is 42.9 Å². The average Bonchev–Trinajstić information content (AvgIpc) is 3.24. The van der Waals surface area contributed by atoms with E-state index in [1.54, 1.807) is 48.2 Å². The molecule has 0 fully saturated rings. The van der Waals surface area contributed by atoms with Gasteiger partial charge in [-0.05, 0) is 49.6 Å². The molecule has 2 heterocycles. The Balaban J connectivity index is 1.59. The van der Waals surface area contributed by atoms with Crippen LogP contribution in [0.4, 0.5) is 10.8 Å². The van der Waals surface area contributed by atoms with E-state index in [1.807, 2.05) is 19.9 Å². The third kappa shape index (κ3) is 5.37. The average molecular weight is 519 g/mol. The second-order valence-electron chi connectivity index (χ2n) is 8.49. The summed E-state index contributed by atoms with van der Waals surface area (Å²) < 4.78 is 35.0. The molecule has 1 aliphatic heterocycles. The third-order valence-corrected chi connectivity index (χ3v) is 9.25. The van der Waals surface area contributed by atoms with Crippen molar-refractivity contribution >= 4 is 49.8 Å². The van der Waals surface area contributed by atoms with Crippen molar-refractivity contribution in [1.82, 2.24) is 10.2 Å². The number of fused-ring (bicyclic) bond motifs is 1. The predicted octanol–water partition coefficient (Wildman–Crippen LogP) is 4.50. The van der Waals surface area contributed by atoms with Gasteiger partial charge in [0.2, 0.25) is 5.13 Å². The third-order valence-electron chi connectivity index (χ3n) is 5.06. The minimum atomic E-state index is -3.92. The Morgan fingerprint density at radius 3 is 2.59 bits per heavy atom. The number of aromatic nitrogens is 2. The fourth-order valence-electron chi connectivity index (χ4n) is 3.31. The standard InChI is InChI=1S/C23H26N4O4S3/c1-14(2)13-32-23-26-25-22(33-23)24-21(28)20-12-27(18-11-16(4)7-10-19(18)31-20)34(29,30)17-8-5-15(3)6-9-17/h5-11,14,20H,12-13H2,1-4H3,(H,24,25,28). The Bertz CT molecular complexity index is 1290. The summed E-state index contributed by atoms with van der Waals surface area (Å²) in [5.41, 5.74) is 2.25. The van der Waals surface area contributed by atoms with E-state index in [9.17, 15) is 13.2 Å². The summed E-state index contributed by atoms with van der Waals surface area (Å²) >= 11 is 2.86. The molecule has 3 aromatic rings. The van der Waals surface area contributed by atoms with Crippen LogP contribution in [0.2, 0.25) is 0 Å². The molecule has 0 spiro atoms. The van der Waals surface area contributed by atoms with Crippen molar-refractivity contribution in [2.45, 2.75) is 43.0 Å². The van der Waals surface area contributed by atoms with Crippen LogP contribution in [0.25, 0.3) is 0 Å². The van der Waals surface area contributed by atoms with Crippen LogP contribution in [0.15, 0.2) is 51.7 Å². The van der Waals surface area contributed by atoms with E-state index >= 15 is 0 Å². The van der Waals surface area contributed by atoms with Crippen molar-refractivity contribution in [2.75, 3.05) is 21.9 Å². The number of carbonyl (C=O) groups is 1. The lowest BCUT2D eigenvalue weighted by Gasteiger charge is -2.34. The minimum absolute atomic E-state index is 0.155. The molecule has 0 bridgehead atoms. The number of carbonyl (C=O) groups excluding carboxylic acids is 1. The zero-order chi connectivity index (χ0) is 24.5. The zero-order valence-electron chi connectivity index (χ0n) is 19.3. The number of nitrogens with one attached hydrogen (secondary N) is 1. The normalized spacial score (nSPS) is 15.7. The van der Waals surface area contributed by atoms with Gasteiger partial charge in [-0.1, -0.05) is 60.7 Å². The van der Waals surface area contributed by atoms with Crippen LogP contribution in [0.1, 0.15) is 25.0 Å². The van der Waals surface area contributed by atoms with Gasteiger partial charge in [-0.25, -0.2) is 8.42 Å². The van der Waals surface area contributed by atoms with Gasteiger partial charge in [-0.3, -0.25) is 14.4 Å². The molecule has 2 aromatic carbocycles. The van der Waals surface area contributed by atoms with Gasteiger partial charge in [-0.15, -0.1) is 10.2 Å². The number of aryl methyl sites for hydroxylation is 2. The largest absolute Gasteiger partial charge is 0.476 e. The van der Waals surface area contributed by atoms with Crippen molar-refractivity contribution in [1.29, 1.82) is 0 Å². The lowest BCUT2D eigenvalue weighted by molar-refractivity contribution is -0.122. The maximum absolute atomic E-state index is 13.5. The number of ether oxygens (including phenoxy) is 1. The quantitative estimate of drug-likeness (QED) is 0.363. The van der Waals surface area contributed by atoms with E-state index in [2.05, 4.69) is 29.4 Å². The minimum Gasteiger partial charge on any atom is -0.476 e. The van der Waals surface area contributed by atoms with Crippen LogP contribution < -0.4 is 14.4 Å². The molecular formula is C23H26N4O4S3. The summed E-state index contributed by atoms with van der Waals surface area (Å²) in [5, 5.41) is 11.2. The molecule has 34 heavy (non-hydrogen) atoms. The molecular weight excluding hydrogens is 492 g/mol. The highest BCUT2D eigenvalue weighted by Crippen LogP contribution is 2.38. The van der Waals surface area contributed by atoms with Crippen LogP contribution in [-0.2, 0) is 14.8 Å². The van der Waals surface area contributed by atoms with Gasteiger partial charge in [0.15, 0.2) is 10.4 Å². The Labute approximate surface area is 207 Å². The maximum atomic E-state index is 13.5. The molecule has 0 saturated carbocycles. The second-order valence-corrected chi connectivity index (χ2v) is 12.6. The highest BCUT2D eigenvalue weighted by molar-refractivity contribution is 8.01. The molecule has 0 aliphatic carbocycles. The van der Waals surface area contributed by atoms with Crippen molar-refractivity contribution in [2.24, 2.45) is 5.92 Å². The molecule has 1 N–H and O–H groups in total. The van der Waals surface area contributed by atoms with Crippen molar-refractivity contribution in [3.05, 3.63) is 53.6 Å². The number of benzene rings is 2. The first-order valence-corrected chi connectivity index (χ1v) is 14.0. The van der Waals surface area contributed by atoms with E-state index in [1.165, 1.54) is 15.6 Å². The first-order chi connectivity index (χ1) is 16.1. The van der Waals surface area contributed by atoms with Crippen molar-refractivity contribution in [3.8, 4) is 5.75 Å². The van der Waals surface area contributed by atoms with E-state index < -0.39 is 22.0 Å². The summed E-state index contributed by atoms with van der Waals surface area (Å²) in [6.45, 7) is 7.84. The van der Waals surface area contributed by atoms with Gasteiger partial charge in [0.25, 0.3) is 15.9 Å². The van der Waals surface area contributed by atoms with Crippen LogP contribution in [0.3, 0.4) is 0 Å². The summed E-state index contributed by atoms with van der Waals surface area (Å²) in [7, 11) is -3.92. The number of sulfonamides is 1. The Morgan fingerprint density at radius 1 is 1.18 bits per heavy atom. The first kappa shape index (κ1) is 24.5. The molecule has 0 radical (unpaired) electrons.